The van der Waals surface area contributed by atoms with Gasteiger partial charge in [0.05, 0.1) is 12.1 Å². The van der Waals surface area contributed by atoms with Crippen LogP contribution in [0.5, 0.6) is 5.75 Å². The number of halogens is 1. The third-order valence-electron chi connectivity index (χ3n) is 3.86. The molecular formula is C16H22ClN3O3. The molecule has 1 aliphatic carbocycles. The van der Waals surface area contributed by atoms with Crippen molar-refractivity contribution in [2.24, 2.45) is 0 Å². The van der Waals surface area contributed by atoms with Gasteiger partial charge in [-0.3, -0.25) is 10.1 Å². The zero-order chi connectivity index (χ0) is 16.8. The summed E-state index contributed by atoms with van der Waals surface area (Å²) < 4.78 is 5.08. The van der Waals surface area contributed by atoms with Crippen LogP contribution in [0.2, 0.25) is 5.02 Å². The van der Waals surface area contributed by atoms with Gasteiger partial charge in [0.2, 0.25) is 5.91 Å². The minimum Gasteiger partial charge on any atom is -0.495 e. The lowest BCUT2D eigenvalue weighted by molar-refractivity contribution is -0.120. The Kier molecular flexibility index (Phi) is 6.10. The van der Waals surface area contributed by atoms with Gasteiger partial charge in [-0.2, -0.15) is 0 Å². The minimum atomic E-state index is -0.575. The highest BCUT2D eigenvalue weighted by molar-refractivity contribution is 6.32. The molecule has 0 bridgehead atoms. The molecule has 23 heavy (non-hydrogen) atoms. The molecule has 0 aliphatic heterocycles. The second-order valence-electron chi connectivity index (χ2n) is 5.66. The molecule has 1 aromatic carbocycles. The third kappa shape index (κ3) is 5.03. The average Bonchev–Trinajstić information content (AvgIpc) is 3.00. The summed E-state index contributed by atoms with van der Waals surface area (Å²) in [6.45, 7) is 1.68. The van der Waals surface area contributed by atoms with Crippen molar-refractivity contribution in [2.75, 3.05) is 12.4 Å². The van der Waals surface area contributed by atoms with Crippen LogP contribution < -0.4 is 20.7 Å². The van der Waals surface area contributed by atoms with Crippen molar-refractivity contribution in [3.05, 3.63) is 23.2 Å². The zero-order valence-corrected chi connectivity index (χ0v) is 14.1. The van der Waals surface area contributed by atoms with E-state index < -0.39 is 18.0 Å². The summed E-state index contributed by atoms with van der Waals surface area (Å²) in [6, 6.07) is 4.29. The molecule has 1 fully saturated rings. The number of methoxy groups -OCH3 is 1. The summed E-state index contributed by atoms with van der Waals surface area (Å²) in [6.07, 6.45) is 4.18. The number of carbonyl (C=O) groups excluding carboxylic acids is 2. The first-order valence-corrected chi connectivity index (χ1v) is 8.09. The number of imide groups is 1. The molecule has 6 nitrogen and oxygen atoms in total. The number of urea groups is 1. The smallest absolute Gasteiger partial charge is 0.321 e. The van der Waals surface area contributed by atoms with E-state index in [0.29, 0.717) is 16.5 Å². The number of anilines is 1. The highest BCUT2D eigenvalue weighted by Crippen LogP contribution is 2.27. The van der Waals surface area contributed by atoms with Gasteiger partial charge in [0.25, 0.3) is 0 Å². The van der Waals surface area contributed by atoms with Gasteiger partial charge >= 0.3 is 6.03 Å². The molecule has 1 aliphatic rings. The van der Waals surface area contributed by atoms with Crippen LogP contribution >= 0.6 is 11.6 Å². The lowest BCUT2D eigenvalue weighted by Gasteiger charge is -2.17. The molecule has 0 spiro atoms. The zero-order valence-electron chi connectivity index (χ0n) is 13.3. The quantitative estimate of drug-likeness (QED) is 0.770. The highest BCUT2D eigenvalue weighted by atomic mass is 35.5. The SMILES string of the molecule is COc1ccc(NC(C)C(=O)NC(=O)NC2CCCC2)cc1Cl. The van der Waals surface area contributed by atoms with Gasteiger partial charge < -0.3 is 15.4 Å². The molecule has 0 heterocycles. The van der Waals surface area contributed by atoms with Gasteiger partial charge in [-0.15, -0.1) is 0 Å². The third-order valence-corrected chi connectivity index (χ3v) is 4.15. The van der Waals surface area contributed by atoms with Gasteiger partial charge in [0, 0.05) is 11.7 Å². The molecule has 1 aromatic rings. The second kappa shape index (κ2) is 8.06. The van der Waals surface area contributed by atoms with E-state index in [9.17, 15) is 9.59 Å². The summed E-state index contributed by atoms with van der Waals surface area (Å²) in [4.78, 5) is 23.8. The second-order valence-corrected chi connectivity index (χ2v) is 6.07. The number of carbonyl (C=O) groups is 2. The summed E-state index contributed by atoms with van der Waals surface area (Å²) >= 11 is 6.04. The van der Waals surface area contributed by atoms with Crippen molar-refractivity contribution in [1.29, 1.82) is 0 Å². The van der Waals surface area contributed by atoms with Gasteiger partial charge in [-0.1, -0.05) is 24.4 Å². The fourth-order valence-corrected chi connectivity index (χ4v) is 2.84. The minimum absolute atomic E-state index is 0.173. The van der Waals surface area contributed by atoms with Gasteiger partial charge in [-0.25, -0.2) is 4.79 Å². The van der Waals surface area contributed by atoms with Crippen LogP contribution in [-0.2, 0) is 4.79 Å². The van der Waals surface area contributed by atoms with Crippen molar-refractivity contribution < 1.29 is 14.3 Å². The predicted octanol–water partition coefficient (Wildman–Crippen LogP) is 2.92. The van der Waals surface area contributed by atoms with E-state index in [2.05, 4.69) is 16.0 Å². The topological polar surface area (TPSA) is 79.5 Å². The van der Waals surface area contributed by atoms with Crippen molar-refractivity contribution >= 4 is 29.2 Å². The molecular weight excluding hydrogens is 318 g/mol. The fourth-order valence-electron chi connectivity index (χ4n) is 2.58. The Morgan fingerprint density at radius 2 is 2.00 bits per heavy atom. The number of rotatable bonds is 5. The molecule has 3 N–H and O–H groups in total. The molecule has 7 heteroatoms. The number of benzene rings is 1. The Balaban J connectivity index is 1.84. The van der Waals surface area contributed by atoms with Crippen LogP contribution in [0.25, 0.3) is 0 Å². The van der Waals surface area contributed by atoms with E-state index in [1.807, 2.05) is 0 Å². The molecule has 3 amide bonds. The van der Waals surface area contributed by atoms with Crippen LogP contribution in [0.3, 0.4) is 0 Å². The van der Waals surface area contributed by atoms with Crippen molar-refractivity contribution in [2.45, 2.75) is 44.7 Å². The Labute approximate surface area is 140 Å². The first kappa shape index (κ1) is 17.4. The number of ether oxygens (including phenoxy) is 1. The predicted molar refractivity (Wildman–Crippen MR) is 90.0 cm³/mol. The lowest BCUT2D eigenvalue weighted by Crippen LogP contribution is -2.48. The van der Waals surface area contributed by atoms with E-state index in [4.69, 9.17) is 16.3 Å². The summed E-state index contributed by atoms with van der Waals surface area (Å²) in [5.41, 5.74) is 0.676. The van der Waals surface area contributed by atoms with Crippen LogP contribution in [-0.4, -0.2) is 31.1 Å². The maximum Gasteiger partial charge on any atom is 0.321 e. The normalized spacial score (nSPS) is 15.8. The molecule has 126 valence electrons. The average molecular weight is 340 g/mol. The molecule has 1 unspecified atom stereocenters. The van der Waals surface area contributed by atoms with Gasteiger partial charge in [0.15, 0.2) is 0 Å². The molecule has 2 rings (SSSR count). The molecule has 1 saturated carbocycles. The molecule has 0 radical (unpaired) electrons. The Morgan fingerprint density at radius 1 is 1.30 bits per heavy atom. The summed E-state index contributed by atoms with van der Waals surface area (Å²) in [5, 5.41) is 8.62. The highest BCUT2D eigenvalue weighted by Gasteiger charge is 2.20. The maximum atomic E-state index is 12.0. The molecule has 0 aromatic heterocycles. The number of amides is 3. The monoisotopic (exact) mass is 339 g/mol. The van der Waals surface area contributed by atoms with Crippen molar-refractivity contribution in [3.63, 3.8) is 0 Å². The maximum absolute atomic E-state index is 12.0. The van der Waals surface area contributed by atoms with Crippen molar-refractivity contribution in [3.8, 4) is 5.75 Å². The Hall–Kier alpha value is -1.95. The van der Waals surface area contributed by atoms with E-state index >= 15 is 0 Å². The standard InChI is InChI=1S/C16H22ClN3O3/c1-10(18-12-7-8-14(23-2)13(17)9-12)15(21)20-16(22)19-11-5-3-4-6-11/h7-11,18H,3-6H2,1-2H3,(H2,19,20,21,22). The van der Waals surface area contributed by atoms with Crippen LogP contribution in [0.4, 0.5) is 10.5 Å². The number of hydrogen-bond acceptors (Lipinski definition) is 4. The Morgan fingerprint density at radius 3 is 2.61 bits per heavy atom. The van der Waals surface area contributed by atoms with Gasteiger partial charge in [0.1, 0.15) is 11.8 Å². The van der Waals surface area contributed by atoms with Crippen LogP contribution in [0.15, 0.2) is 18.2 Å². The van der Waals surface area contributed by atoms with Crippen LogP contribution in [0.1, 0.15) is 32.6 Å². The fraction of sp³-hybridized carbons (Fsp3) is 0.500. The first-order valence-electron chi connectivity index (χ1n) is 7.71. The van der Waals surface area contributed by atoms with Gasteiger partial charge in [-0.05, 0) is 38.0 Å². The Bertz CT molecular complexity index is 574. The number of nitrogens with one attached hydrogen (secondary N) is 3. The summed E-state index contributed by atoms with van der Waals surface area (Å²) in [7, 11) is 1.54. The van der Waals surface area contributed by atoms with E-state index in [1.165, 1.54) is 7.11 Å². The lowest BCUT2D eigenvalue weighted by atomic mass is 10.2. The van der Waals surface area contributed by atoms with Crippen LogP contribution in [0, 0.1) is 0 Å². The summed E-state index contributed by atoms with van der Waals surface area (Å²) in [5.74, 6) is 0.165. The van der Waals surface area contributed by atoms with Crippen molar-refractivity contribution in [1.82, 2.24) is 10.6 Å². The molecule has 0 saturated heterocycles. The van der Waals surface area contributed by atoms with E-state index in [-0.39, 0.29) is 6.04 Å². The van der Waals surface area contributed by atoms with E-state index in [1.54, 1.807) is 25.1 Å². The number of hydrogen-bond donors (Lipinski definition) is 3. The largest absolute Gasteiger partial charge is 0.495 e. The first-order chi connectivity index (χ1) is 11.0. The van der Waals surface area contributed by atoms with E-state index in [0.717, 1.165) is 25.7 Å². The molecule has 1 atom stereocenters.